The van der Waals surface area contributed by atoms with Crippen LogP contribution in [0.4, 0.5) is 0 Å². The van der Waals surface area contributed by atoms with Crippen LogP contribution in [-0.2, 0) is 4.74 Å². The maximum atomic E-state index is 9.29. The molecule has 21 heavy (non-hydrogen) atoms. The van der Waals surface area contributed by atoms with E-state index in [1.807, 2.05) is 0 Å². The number of ether oxygens (including phenoxy) is 1. The van der Waals surface area contributed by atoms with Gasteiger partial charge in [0.15, 0.2) is 0 Å². The molecular formula is C18H38NO2+. The molecule has 1 aliphatic rings. The Bertz CT molecular complexity index is 222. The Hall–Kier alpha value is -0.120. The highest BCUT2D eigenvalue weighted by molar-refractivity contribution is 4.53. The number of unbranched alkanes of at least 4 members (excludes halogenated alkanes) is 9. The van der Waals surface area contributed by atoms with Gasteiger partial charge in [-0.25, -0.2) is 0 Å². The van der Waals surface area contributed by atoms with Gasteiger partial charge in [0.2, 0.25) is 0 Å². The second-order valence-corrected chi connectivity index (χ2v) is 6.75. The minimum Gasteiger partial charge on any atom is -0.391 e. The van der Waals surface area contributed by atoms with Gasteiger partial charge in [0, 0.05) is 0 Å². The molecule has 1 saturated heterocycles. The third kappa shape index (κ3) is 8.80. The van der Waals surface area contributed by atoms with Crippen LogP contribution < -0.4 is 0 Å². The molecule has 1 heterocycles. The number of morpholine rings is 1. The minimum absolute atomic E-state index is 0.317. The van der Waals surface area contributed by atoms with Gasteiger partial charge >= 0.3 is 0 Å². The quantitative estimate of drug-likeness (QED) is 0.415. The van der Waals surface area contributed by atoms with E-state index in [4.69, 9.17) is 4.74 Å². The Kier molecular flexibility index (Phi) is 11.2. The Labute approximate surface area is 132 Å². The summed E-state index contributed by atoms with van der Waals surface area (Å²) in [5, 5.41) is 9.29. The molecule has 1 N–H and O–H groups in total. The zero-order valence-corrected chi connectivity index (χ0v) is 14.3. The summed E-state index contributed by atoms with van der Waals surface area (Å²) in [4.78, 5) is 0. The van der Waals surface area contributed by atoms with E-state index in [0.29, 0.717) is 6.61 Å². The molecule has 1 aliphatic heterocycles. The fourth-order valence-corrected chi connectivity index (χ4v) is 3.44. The second-order valence-electron chi connectivity index (χ2n) is 6.75. The molecule has 0 aromatic carbocycles. The number of hydrogen-bond acceptors (Lipinski definition) is 2. The highest BCUT2D eigenvalue weighted by Crippen LogP contribution is 2.15. The maximum Gasteiger partial charge on any atom is 0.103 e. The van der Waals surface area contributed by atoms with Gasteiger partial charge in [0.1, 0.15) is 19.6 Å². The molecule has 1 rings (SSSR count). The maximum absolute atomic E-state index is 9.29. The van der Waals surface area contributed by atoms with Crippen molar-refractivity contribution in [1.29, 1.82) is 0 Å². The first-order valence-electron chi connectivity index (χ1n) is 9.37. The fourth-order valence-electron chi connectivity index (χ4n) is 3.44. The first kappa shape index (κ1) is 18.9. The van der Waals surface area contributed by atoms with Crippen molar-refractivity contribution in [2.24, 2.45) is 0 Å². The topological polar surface area (TPSA) is 29.5 Å². The summed E-state index contributed by atoms with van der Waals surface area (Å²) in [5.74, 6) is 0. The van der Waals surface area contributed by atoms with Crippen molar-refractivity contribution in [3.63, 3.8) is 0 Å². The van der Waals surface area contributed by atoms with Gasteiger partial charge in [-0.15, -0.1) is 0 Å². The summed E-state index contributed by atoms with van der Waals surface area (Å²) in [7, 11) is 0. The minimum atomic E-state index is 0.317. The van der Waals surface area contributed by atoms with Crippen molar-refractivity contribution in [3.8, 4) is 0 Å². The van der Waals surface area contributed by atoms with Crippen LogP contribution in [0.1, 0.15) is 71.1 Å². The molecule has 0 aliphatic carbocycles. The highest BCUT2D eigenvalue weighted by atomic mass is 16.5. The third-order valence-corrected chi connectivity index (χ3v) is 4.98. The molecule has 0 aromatic rings. The fraction of sp³-hybridized carbons (Fsp3) is 1.00. The summed E-state index contributed by atoms with van der Waals surface area (Å²) in [5.41, 5.74) is 0. The molecule has 0 spiro atoms. The summed E-state index contributed by atoms with van der Waals surface area (Å²) >= 11 is 0. The van der Waals surface area contributed by atoms with Crippen molar-refractivity contribution >= 4 is 0 Å². The Morgan fingerprint density at radius 3 is 1.81 bits per heavy atom. The van der Waals surface area contributed by atoms with Gasteiger partial charge in [0.25, 0.3) is 0 Å². The largest absolute Gasteiger partial charge is 0.391 e. The molecule has 0 saturated carbocycles. The second kappa shape index (κ2) is 12.4. The van der Waals surface area contributed by atoms with Crippen molar-refractivity contribution < 1.29 is 14.3 Å². The van der Waals surface area contributed by atoms with Crippen LogP contribution in [0.25, 0.3) is 0 Å². The van der Waals surface area contributed by atoms with E-state index < -0.39 is 0 Å². The average molecular weight is 301 g/mol. The van der Waals surface area contributed by atoms with Crippen molar-refractivity contribution in [2.45, 2.75) is 71.1 Å². The van der Waals surface area contributed by atoms with Gasteiger partial charge in [-0.05, 0) is 12.8 Å². The molecule has 126 valence electrons. The molecule has 0 bridgehead atoms. The number of hydrogen-bond donors (Lipinski definition) is 1. The number of nitrogens with zero attached hydrogens (tertiary/aromatic N) is 1. The number of rotatable bonds is 13. The predicted octanol–water partition coefficient (Wildman–Crippen LogP) is 3.75. The van der Waals surface area contributed by atoms with Crippen molar-refractivity contribution in [3.05, 3.63) is 0 Å². The standard InChI is InChI=1S/C18H38NO2/c1-2-3-4-5-6-7-8-9-10-11-12-19(13-16-20)14-17-21-18-15-19/h20H,2-18H2,1H3/q+1. The zero-order chi connectivity index (χ0) is 15.2. The molecule has 0 aromatic heterocycles. The first-order valence-corrected chi connectivity index (χ1v) is 9.37. The third-order valence-electron chi connectivity index (χ3n) is 4.98. The van der Waals surface area contributed by atoms with E-state index >= 15 is 0 Å². The van der Waals surface area contributed by atoms with E-state index in [1.54, 1.807) is 0 Å². The molecule has 3 heteroatoms. The SMILES string of the molecule is CCCCCCCCCCCC[N+]1(CCO)CCOCC1. The van der Waals surface area contributed by atoms with E-state index in [1.165, 1.54) is 70.8 Å². The number of quaternary nitrogens is 1. The molecule has 0 amide bonds. The van der Waals surface area contributed by atoms with Gasteiger partial charge in [-0.1, -0.05) is 58.3 Å². The van der Waals surface area contributed by atoms with Crippen LogP contribution in [-0.4, -0.2) is 55.6 Å². The smallest absolute Gasteiger partial charge is 0.103 e. The summed E-state index contributed by atoms with van der Waals surface area (Å²) in [6.45, 7) is 8.69. The van der Waals surface area contributed by atoms with Gasteiger partial charge in [0.05, 0.1) is 26.4 Å². The Morgan fingerprint density at radius 2 is 1.29 bits per heavy atom. The van der Waals surface area contributed by atoms with Crippen LogP contribution >= 0.6 is 0 Å². The Morgan fingerprint density at radius 1 is 0.762 bits per heavy atom. The van der Waals surface area contributed by atoms with Gasteiger partial charge in [-0.3, -0.25) is 0 Å². The lowest BCUT2D eigenvalue weighted by Crippen LogP contribution is -2.56. The molecule has 0 unspecified atom stereocenters. The lowest BCUT2D eigenvalue weighted by atomic mass is 10.1. The normalized spacial score (nSPS) is 18.0. The molecule has 0 radical (unpaired) electrons. The average Bonchev–Trinajstić information content (AvgIpc) is 2.50. The van der Waals surface area contributed by atoms with Crippen LogP contribution in [0.15, 0.2) is 0 Å². The van der Waals surface area contributed by atoms with E-state index in [9.17, 15) is 5.11 Å². The van der Waals surface area contributed by atoms with E-state index in [0.717, 1.165) is 37.3 Å². The van der Waals surface area contributed by atoms with Crippen molar-refractivity contribution in [1.82, 2.24) is 0 Å². The Balaban J connectivity index is 1.96. The molecule has 3 nitrogen and oxygen atoms in total. The summed E-state index contributed by atoms with van der Waals surface area (Å²) in [6.07, 6.45) is 14.0. The summed E-state index contributed by atoms with van der Waals surface area (Å²) in [6, 6.07) is 0. The van der Waals surface area contributed by atoms with Crippen LogP contribution in [0.2, 0.25) is 0 Å². The zero-order valence-electron chi connectivity index (χ0n) is 14.3. The number of aliphatic hydroxyl groups excluding tert-OH is 1. The van der Waals surface area contributed by atoms with E-state index in [-0.39, 0.29) is 0 Å². The lowest BCUT2D eigenvalue weighted by molar-refractivity contribution is -0.935. The number of aliphatic hydroxyl groups is 1. The molecule has 0 atom stereocenters. The van der Waals surface area contributed by atoms with Gasteiger partial charge < -0.3 is 14.3 Å². The first-order chi connectivity index (χ1) is 10.3. The van der Waals surface area contributed by atoms with Crippen LogP contribution in [0, 0.1) is 0 Å². The van der Waals surface area contributed by atoms with Crippen LogP contribution in [0.3, 0.4) is 0 Å². The highest BCUT2D eigenvalue weighted by Gasteiger charge is 2.28. The molecular weight excluding hydrogens is 262 g/mol. The molecule has 1 fully saturated rings. The van der Waals surface area contributed by atoms with E-state index in [2.05, 4.69) is 6.92 Å². The van der Waals surface area contributed by atoms with Crippen molar-refractivity contribution in [2.75, 3.05) is 46.0 Å². The van der Waals surface area contributed by atoms with Gasteiger partial charge in [-0.2, -0.15) is 0 Å². The lowest BCUT2D eigenvalue weighted by Gasteiger charge is -2.41. The monoisotopic (exact) mass is 300 g/mol. The summed E-state index contributed by atoms with van der Waals surface area (Å²) < 4.78 is 6.56. The predicted molar refractivity (Wildman–Crippen MR) is 89.5 cm³/mol. The van der Waals surface area contributed by atoms with Crippen LogP contribution in [0.5, 0.6) is 0 Å².